The van der Waals surface area contributed by atoms with Gasteiger partial charge in [0.05, 0.1) is 12.5 Å². The van der Waals surface area contributed by atoms with Crippen molar-refractivity contribution in [3.05, 3.63) is 35.0 Å². The van der Waals surface area contributed by atoms with Crippen molar-refractivity contribution in [1.29, 1.82) is 0 Å². The van der Waals surface area contributed by atoms with Gasteiger partial charge in [0.2, 0.25) is 0 Å². The highest BCUT2D eigenvalue weighted by atomic mass is 35.5. The third-order valence-corrected chi connectivity index (χ3v) is 2.07. The Morgan fingerprint density at radius 3 is 2.94 bits per heavy atom. The molecule has 2 N–H and O–H groups in total. The maximum atomic E-state index is 5.59. The van der Waals surface area contributed by atoms with Gasteiger partial charge in [0.1, 0.15) is 5.69 Å². The van der Waals surface area contributed by atoms with Crippen molar-refractivity contribution in [3.8, 4) is 0 Å². The van der Waals surface area contributed by atoms with Crippen LogP contribution in [0.4, 0.5) is 5.82 Å². The molecule has 0 saturated heterocycles. The predicted octanol–water partition coefficient (Wildman–Crippen LogP) is 1.61. The van der Waals surface area contributed by atoms with Crippen molar-refractivity contribution >= 4 is 23.6 Å². The zero-order chi connectivity index (χ0) is 11.4. The normalized spacial score (nSPS) is 10.9. The highest BCUT2D eigenvalue weighted by molar-refractivity contribution is 6.29. The van der Waals surface area contributed by atoms with Gasteiger partial charge in [-0.1, -0.05) is 11.6 Å². The predicted molar refractivity (Wildman–Crippen MR) is 61.6 cm³/mol. The standard InChI is InChI=1S/C9H9ClN6/c1-6-7(12-5-11-6)4-13-15-9-3-2-8(10)14-16-9/h2-5H,1H3,(H,11,12)(H,15,16)/b13-4-. The molecule has 6 nitrogen and oxygen atoms in total. The van der Waals surface area contributed by atoms with E-state index in [2.05, 4.69) is 30.7 Å². The fraction of sp³-hybridized carbons (Fsp3) is 0.111. The monoisotopic (exact) mass is 236 g/mol. The molecule has 2 aromatic heterocycles. The van der Waals surface area contributed by atoms with Gasteiger partial charge in [-0.25, -0.2) is 4.98 Å². The summed E-state index contributed by atoms with van der Waals surface area (Å²) in [4.78, 5) is 7.01. The maximum Gasteiger partial charge on any atom is 0.168 e. The molecule has 0 fully saturated rings. The first kappa shape index (κ1) is 10.6. The smallest absolute Gasteiger partial charge is 0.168 e. The molecule has 0 unspecified atom stereocenters. The van der Waals surface area contributed by atoms with Crippen LogP contribution >= 0.6 is 11.6 Å². The number of halogens is 1. The second-order valence-corrected chi connectivity index (χ2v) is 3.41. The van der Waals surface area contributed by atoms with Crippen molar-refractivity contribution in [2.45, 2.75) is 6.92 Å². The largest absolute Gasteiger partial charge is 0.348 e. The van der Waals surface area contributed by atoms with Gasteiger partial charge in [-0.3, -0.25) is 5.43 Å². The lowest BCUT2D eigenvalue weighted by Crippen LogP contribution is -1.95. The molecule has 2 heterocycles. The van der Waals surface area contributed by atoms with Crippen LogP contribution in [-0.2, 0) is 0 Å². The molecular weight excluding hydrogens is 228 g/mol. The number of nitrogens with one attached hydrogen (secondary N) is 2. The zero-order valence-corrected chi connectivity index (χ0v) is 9.23. The Labute approximate surface area is 96.8 Å². The quantitative estimate of drug-likeness (QED) is 0.627. The van der Waals surface area contributed by atoms with Gasteiger partial charge in [0.15, 0.2) is 11.0 Å². The van der Waals surface area contributed by atoms with E-state index in [0.29, 0.717) is 11.0 Å². The zero-order valence-electron chi connectivity index (χ0n) is 8.48. The molecule has 0 aromatic carbocycles. The number of aryl methyl sites for hydroxylation is 1. The van der Waals surface area contributed by atoms with Crippen LogP contribution in [0.1, 0.15) is 11.4 Å². The highest BCUT2D eigenvalue weighted by Gasteiger charge is 1.96. The average Bonchev–Trinajstić information content (AvgIpc) is 2.68. The van der Waals surface area contributed by atoms with Crippen LogP contribution in [-0.4, -0.2) is 26.4 Å². The van der Waals surface area contributed by atoms with Crippen LogP contribution in [0.3, 0.4) is 0 Å². The minimum Gasteiger partial charge on any atom is -0.348 e. The summed E-state index contributed by atoms with van der Waals surface area (Å²) in [6, 6.07) is 3.32. The van der Waals surface area contributed by atoms with E-state index in [-0.39, 0.29) is 0 Å². The van der Waals surface area contributed by atoms with Crippen LogP contribution in [0.5, 0.6) is 0 Å². The Morgan fingerprint density at radius 2 is 2.31 bits per heavy atom. The summed E-state index contributed by atoms with van der Waals surface area (Å²) in [7, 11) is 0. The summed E-state index contributed by atoms with van der Waals surface area (Å²) in [5.41, 5.74) is 4.44. The van der Waals surface area contributed by atoms with E-state index in [1.807, 2.05) is 6.92 Å². The first-order chi connectivity index (χ1) is 7.75. The number of hydrazone groups is 1. The fourth-order valence-electron chi connectivity index (χ4n) is 1.03. The van der Waals surface area contributed by atoms with Crippen molar-refractivity contribution < 1.29 is 0 Å². The first-order valence-electron chi connectivity index (χ1n) is 4.54. The third-order valence-electron chi connectivity index (χ3n) is 1.87. The van der Waals surface area contributed by atoms with E-state index >= 15 is 0 Å². The number of hydrogen-bond donors (Lipinski definition) is 2. The number of anilines is 1. The van der Waals surface area contributed by atoms with E-state index in [1.54, 1.807) is 24.7 Å². The number of rotatable bonds is 3. The molecule has 0 aliphatic heterocycles. The third kappa shape index (κ3) is 2.54. The minimum atomic E-state index is 0.345. The molecule has 0 amide bonds. The number of aromatic amines is 1. The number of H-pyrrole nitrogens is 1. The first-order valence-corrected chi connectivity index (χ1v) is 4.92. The SMILES string of the molecule is Cc1[nH]cnc1/C=N\Nc1ccc(Cl)nn1. The Balaban J connectivity index is 2.00. The van der Waals surface area contributed by atoms with Crippen molar-refractivity contribution in [2.24, 2.45) is 5.10 Å². The van der Waals surface area contributed by atoms with E-state index in [0.717, 1.165) is 11.4 Å². The summed E-state index contributed by atoms with van der Waals surface area (Å²) in [6.07, 6.45) is 3.21. The van der Waals surface area contributed by atoms with E-state index in [4.69, 9.17) is 11.6 Å². The number of hydrogen-bond acceptors (Lipinski definition) is 5. The van der Waals surface area contributed by atoms with Crippen molar-refractivity contribution in [3.63, 3.8) is 0 Å². The van der Waals surface area contributed by atoms with E-state index < -0.39 is 0 Å². The lowest BCUT2D eigenvalue weighted by Gasteiger charge is -1.96. The second-order valence-electron chi connectivity index (χ2n) is 3.02. The summed E-state index contributed by atoms with van der Waals surface area (Å²) in [5.74, 6) is 0.522. The second kappa shape index (κ2) is 4.71. The lowest BCUT2D eigenvalue weighted by atomic mass is 10.4. The number of imidazole rings is 1. The lowest BCUT2D eigenvalue weighted by molar-refractivity contribution is 1.02. The van der Waals surface area contributed by atoms with Crippen LogP contribution < -0.4 is 5.43 Å². The Morgan fingerprint density at radius 1 is 1.44 bits per heavy atom. The molecule has 16 heavy (non-hydrogen) atoms. The molecule has 0 aliphatic carbocycles. The maximum absolute atomic E-state index is 5.59. The van der Waals surface area contributed by atoms with E-state index in [1.165, 1.54) is 0 Å². The van der Waals surface area contributed by atoms with Gasteiger partial charge in [-0.2, -0.15) is 5.10 Å². The van der Waals surface area contributed by atoms with Crippen LogP contribution in [0, 0.1) is 6.92 Å². The van der Waals surface area contributed by atoms with Gasteiger partial charge < -0.3 is 4.98 Å². The molecule has 0 bridgehead atoms. The minimum absolute atomic E-state index is 0.345. The van der Waals surface area contributed by atoms with Crippen molar-refractivity contribution in [1.82, 2.24) is 20.2 Å². The molecule has 0 atom stereocenters. The molecule has 0 saturated carbocycles. The fourth-order valence-corrected chi connectivity index (χ4v) is 1.14. The molecule has 82 valence electrons. The van der Waals surface area contributed by atoms with Gasteiger partial charge in [-0.15, -0.1) is 10.2 Å². The number of aromatic nitrogens is 4. The Hall–Kier alpha value is -1.95. The van der Waals surface area contributed by atoms with Gasteiger partial charge >= 0.3 is 0 Å². The van der Waals surface area contributed by atoms with Gasteiger partial charge in [0.25, 0.3) is 0 Å². The summed E-state index contributed by atoms with van der Waals surface area (Å²) in [5, 5.41) is 11.8. The molecular formula is C9H9ClN6. The number of nitrogens with zero attached hydrogens (tertiary/aromatic N) is 4. The van der Waals surface area contributed by atoms with Gasteiger partial charge in [0, 0.05) is 5.69 Å². The average molecular weight is 237 g/mol. The molecule has 0 aliphatic rings. The van der Waals surface area contributed by atoms with Gasteiger partial charge in [-0.05, 0) is 19.1 Å². The molecule has 0 spiro atoms. The summed E-state index contributed by atoms with van der Waals surface area (Å²) >= 11 is 5.59. The van der Waals surface area contributed by atoms with E-state index in [9.17, 15) is 0 Å². The van der Waals surface area contributed by atoms with Crippen LogP contribution in [0.25, 0.3) is 0 Å². The Kier molecular flexibility index (Phi) is 3.11. The molecule has 0 radical (unpaired) electrons. The molecule has 2 aromatic rings. The molecule has 7 heteroatoms. The topological polar surface area (TPSA) is 78.9 Å². The summed E-state index contributed by atoms with van der Waals surface area (Å²) in [6.45, 7) is 1.91. The Bertz CT molecular complexity index is 489. The van der Waals surface area contributed by atoms with Crippen LogP contribution in [0.2, 0.25) is 5.15 Å². The summed E-state index contributed by atoms with van der Waals surface area (Å²) < 4.78 is 0. The molecule has 2 rings (SSSR count). The van der Waals surface area contributed by atoms with Crippen molar-refractivity contribution in [2.75, 3.05) is 5.43 Å². The van der Waals surface area contributed by atoms with Crippen LogP contribution in [0.15, 0.2) is 23.6 Å². The highest BCUT2D eigenvalue weighted by Crippen LogP contribution is 2.05.